The summed E-state index contributed by atoms with van der Waals surface area (Å²) in [6, 6.07) is 0. The molecule has 0 bridgehead atoms. The van der Waals surface area contributed by atoms with E-state index in [0.29, 0.717) is 24.9 Å². The van der Waals surface area contributed by atoms with Crippen LogP contribution < -0.4 is 0 Å². The molecule has 9 atom stereocenters. The summed E-state index contributed by atoms with van der Waals surface area (Å²) in [5.41, 5.74) is 1.26. The summed E-state index contributed by atoms with van der Waals surface area (Å²) >= 11 is 0. The van der Waals surface area contributed by atoms with Gasteiger partial charge in [0.25, 0.3) is 0 Å². The molecule has 0 heterocycles. The monoisotopic (exact) mass is 500 g/mol. The minimum absolute atomic E-state index is 0.0122. The fourth-order valence-electron chi connectivity index (χ4n) is 11.0. The Morgan fingerprint density at radius 1 is 0.944 bits per heavy atom. The number of hydrogen-bond acceptors (Lipinski definition) is 4. The lowest BCUT2D eigenvalue weighted by molar-refractivity contribution is -0.232. The molecule has 4 saturated carbocycles. The normalized spacial score (nSPS) is 51.1. The lowest BCUT2D eigenvalue weighted by atomic mass is 9.33. The van der Waals surface area contributed by atoms with Crippen molar-refractivity contribution in [3.63, 3.8) is 0 Å². The Bertz CT molecular complexity index is 950. The van der Waals surface area contributed by atoms with Gasteiger partial charge in [0.2, 0.25) is 0 Å². The number of carbonyl (C=O) groups is 1. The van der Waals surface area contributed by atoms with E-state index < -0.39 is 12.2 Å². The summed E-state index contributed by atoms with van der Waals surface area (Å²) in [5.74, 6) is 1.17. The molecule has 5 rings (SSSR count). The van der Waals surface area contributed by atoms with Crippen LogP contribution in [0.2, 0.25) is 0 Å². The Morgan fingerprint density at radius 3 is 2.28 bits per heavy atom. The molecule has 204 valence electrons. The Morgan fingerprint density at radius 2 is 1.61 bits per heavy atom. The number of ether oxygens (including phenoxy) is 1. The predicted octanol–water partition coefficient (Wildman–Crippen LogP) is 6.68. The molecule has 4 fully saturated rings. The van der Waals surface area contributed by atoms with E-state index >= 15 is 0 Å². The van der Waals surface area contributed by atoms with Crippen LogP contribution in [0.4, 0.5) is 0 Å². The zero-order valence-corrected chi connectivity index (χ0v) is 24.2. The molecular weight excluding hydrogens is 448 g/mol. The predicted molar refractivity (Wildman–Crippen MR) is 143 cm³/mol. The number of allylic oxidation sites excluding steroid dienone is 2. The third-order valence-electron chi connectivity index (χ3n) is 13.3. The van der Waals surface area contributed by atoms with Crippen LogP contribution in [0.5, 0.6) is 0 Å². The molecule has 5 aliphatic rings. The van der Waals surface area contributed by atoms with Crippen LogP contribution in [0.15, 0.2) is 11.6 Å². The van der Waals surface area contributed by atoms with Gasteiger partial charge in [-0.05, 0) is 110 Å². The van der Waals surface area contributed by atoms with Crippen LogP contribution in [0.3, 0.4) is 0 Å². The second-order valence-corrected chi connectivity index (χ2v) is 15.6. The summed E-state index contributed by atoms with van der Waals surface area (Å²) < 4.78 is 5.77. The van der Waals surface area contributed by atoms with E-state index in [2.05, 4.69) is 54.5 Å². The van der Waals surface area contributed by atoms with Crippen molar-refractivity contribution in [2.45, 2.75) is 125 Å². The van der Waals surface area contributed by atoms with Crippen molar-refractivity contribution in [3.05, 3.63) is 11.6 Å². The molecular formula is C32H52O4. The highest BCUT2D eigenvalue weighted by Crippen LogP contribution is 2.75. The first-order valence-electron chi connectivity index (χ1n) is 14.8. The van der Waals surface area contributed by atoms with Gasteiger partial charge in [0, 0.05) is 0 Å². The Hall–Kier alpha value is -0.870. The minimum atomic E-state index is -0.663. The van der Waals surface area contributed by atoms with E-state index in [-0.39, 0.29) is 44.4 Å². The van der Waals surface area contributed by atoms with Gasteiger partial charge in [-0.15, -0.1) is 0 Å². The third kappa shape index (κ3) is 3.28. The van der Waals surface area contributed by atoms with Crippen LogP contribution in [0.25, 0.3) is 0 Å². The lowest BCUT2D eigenvalue weighted by Crippen LogP contribution is -2.67. The molecule has 0 amide bonds. The van der Waals surface area contributed by atoms with E-state index in [9.17, 15) is 15.0 Å². The molecule has 4 nitrogen and oxygen atoms in total. The molecule has 2 N–H and O–H groups in total. The third-order valence-corrected chi connectivity index (χ3v) is 13.3. The molecule has 5 aliphatic carbocycles. The average Bonchev–Trinajstić information content (AvgIpc) is 2.78. The molecule has 0 aliphatic heterocycles. The smallest absolute Gasteiger partial charge is 0.312 e. The van der Waals surface area contributed by atoms with E-state index in [4.69, 9.17) is 4.74 Å². The number of carbonyl (C=O) groups excluding carboxylic acids is 1. The zero-order valence-electron chi connectivity index (χ0n) is 24.2. The number of aliphatic hydroxyl groups is 2. The summed E-state index contributed by atoms with van der Waals surface area (Å²) in [6.45, 7) is 19.0. The molecule has 0 radical (unpaired) electrons. The largest absolute Gasteiger partial charge is 0.466 e. The van der Waals surface area contributed by atoms with E-state index in [1.807, 2.05) is 6.92 Å². The first-order chi connectivity index (χ1) is 16.6. The molecule has 0 aromatic heterocycles. The quantitative estimate of drug-likeness (QED) is 0.328. The second-order valence-electron chi connectivity index (χ2n) is 15.6. The van der Waals surface area contributed by atoms with Gasteiger partial charge in [-0.1, -0.05) is 60.1 Å². The number of hydrogen-bond donors (Lipinski definition) is 2. The van der Waals surface area contributed by atoms with Crippen LogP contribution in [-0.4, -0.2) is 35.0 Å². The van der Waals surface area contributed by atoms with Crippen LogP contribution in [0, 0.1) is 50.2 Å². The van der Waals surface area contributed by atoms with Crippen molar-refractivity contribution < 1.29 is 19.7 Å². The highest BCUT2D eigenvalue weighted by molar-refractivity contribution is 5.78. The van der Waals surface area contributed by atoms with Gasteiger partial charge in [0.1, 0.15) is 0 Å². The molecule has 3 unspecified atom stereocenters. The molecule has 0 spiro atoms. The zero-order chi connectivity index (χ0) is 26.5. The maximum absolute atomic E-state index is 13.6. The minimum Gasteiger partial charge on any atom is -0.466 e. The van der Waals surface area contributed by atoms with Crippen LogP contribution >= 0.6 is 0 Å². The van der Waals surface area contributed by atoms with Crippen molar-refractivity contribution in [1.82, 2.24) is 0 Å². The fourth-order valence-corrected chi connectivity index (χ4v) is 11.0. The van der Waals surface area contributed by atoms with Gasteiger partial charge in [-0.3, -0.25) is 4.79 Å². The van der Waals surface area contributed by atoms with Gasteiger partial charge in [-0.25, -0.2) is 0 Å². The van der Waals surface area contributed by atoms with Crippen LogP contribution in [-0.2, 0) is 9.53 Å². The maximum atomic E-state index is 13.6. The van der Waals surface area contributed by atoms with E-state index in [0.717, 1.165) is 51.4 Å². The van der Waals surface area contributed by atoms with E-state index in [1.165, 1.54) is 0 Å². The molecule has 4 heteroatoms. The molecule has 0 saturated heterocycles. The number of aliphatic hydroxyl groups excluding tert-OH is 2. The van der Waals surface area contributed by atoms with Gasteiger partial charge < -0.3 is 14.9 Å². The van der Waals surface area contributed by atoms with Gasteiger partial charge in [-0.2, -0.15) is 0 Å². The van der Waals surface area contributed by atoms with Gasteiger partial charge in [0.05, 0.1) is 24.2 Å². The average molecular weight is 501 g/mol. The summed E-state index contributed by atoms with van der Waals surface area (Å²) in [5, 5.41) is 22.0. The highest BCUT2D eigenvalue weighted by Gasteiger charge is 2.70. The van der Waals surface area contributed by atoms with E-state index in [1.54, 1.807) is 5.57 Å². The maximum Gasteiger partial charge on any atom is 0.312 e. The van der Waals surface area contributed by atoms with Gasteiger partial charge in [0.15, 0.2) is 0 Å². The van der Waals surface area contributed by atoms with Gasteiger partial charge >= 0.3 is 5.97 Å². The summed E-state index contributed by atoms with van der Waals surface area (Å²) in [4.78, 5) is 13.6. The molecule has 36 heavy (non-hydrogen) atoms. The Balaban J connectivity index is 1.60. The first-order valence-corrected chi connectivity index (χ1v) is 14.8. The SMILES string of the molecule is CCOC(=O)[C@]12CCC(C)(C)CC1C1=CCC3[C@@]4(C)C[C@@H](O)[C@H](O)C(C)(C)C4CC[C@@]3(C)[C@]1(C)CC2. The van der Waals surface area contributed by atoms with Crippen molar-refractivity contribution in [2.24, 2.45) is 50.2 Å². The molecule has 0 aromatic rings. The van der Waals surface area contributed by atoms with Crippen molar-refractivity contribution in [1.29, 1.82) is 0 Å². The van der Waals surface area contributed by atoms with Crippen molar-refractivity contribution in [2.75, 3.05) is 6.61 Å². The number of esters is 1. The summed E-state index contributed by atoms with van der Waals surface area (Å²) in [7, 11) is 0. The Labute approximate surface area is 219 Å². The van der Waals surface area contributed by atoms with Crippen molar-refractivity contribution in [3.8, 4) is 0 Å². The topological polar surface area (TPSA) is 66.8 Å². The Kier molecular flexibility index (Phi) is 5.99. The second kappa shape index (κ2) is 8.07. The molecule has 0 aromatic carbocycles. The fraction of sp³-hybridized carbons (Fsp3) is 0.906. The summed E-state index contributed by atoms with van der Waals surface area (Å²) in [6.07, 6.45) is 10.2. The number of fused-ring (bicyclic) bond motifs is 7. The lowest BCUT2D eigenvalue weighted by Gasteiger charge is -2.71. The highest BCUT2D eigenvalue weighted by atomic mass is 16.5. The standard InChI is InChI=1S/C32H52O4/c1-9-36-26(35)32-16-14-27(2,3)18-21(32)20-10-11-24-29(6)19-22(33)25(34)28(4,5)23(29)12-13-31(24,8)30(20,7)15-17-32/h10,21-25,33-34H,9,11-19H2,1-8H3/t21?,22-,23?,24?,25+,29+,30-,31-,32+/m1/s1. The van der Waals surface area contributed by atoms with Crippen molar-refractivity contribution >= 4 is 5.97 Å². The number of rotatable bonds is 2. The first kappa shape index (κ1) is 26.7. The van der Waals surface area contributed by atoms with Crippen LogP contribution in [0.1, 0.15) is 113 Å².